The third-order valence-electron chi connectivity index (χ3n) is 4.40. The summed E-state index contributed by atoms with van der Waals surface area (Å²) < 4.78 is 14.1. The third-order valence-corrected chi connectivity index (χ3v) is 5.28. The van der Waals surface area contributed by atoms with E-state index >= 15 is 0 Å². The van der Waals surface area contributed by atoms with Crippen LogP contribution >= 0.6 is 11.3 Å². The van der Waals surface area contributed by atoms with E-state index in [0.29, 0.717) is 5.13 Å². The van der Waals surface area contributed by atoms with E-state index in [1.807, 2.05) is 5.38 Å². The molecule has 3 rings (SSSR count). The summed E-state index contributed by atoms with van der Waals surface area (Å²) in [4.78, 5) is 20.4. The highest BCUT2D eigenvalue weighted by atomic mass is 32.1. The molecule has 0 N–H and O–H groups in total. The largest absolute Gasteiger partial charge is 0.297 e. The molecule has 0 atom stereocenters. The predicted molar refractivity (Wildman–Crippen MR) is 95.0 cm³/mol. The van der Waals surface area contributed by atoms with Gasteiger partial charge in [0.25, 0.3) is 0 Å². The number of likely N-dealkylation sites (tertiary alicyclic amines) is 1. The number of thiazole rings is 1. The molecule has 2 heterocycles. The fourth-order valence-corrected chi connectivity index (χ4v) is 3.83. The number of para-hydroxylation sites is 1. The maximum Gasteiger partial charge on any atom is 0.230 e. The van der Waals surface area contributed by atoms with E-state index in [2.05, 4.69) is 16.8 Å². The second-order valence-corrected chi connectivity index (χ2v) is 7.22. The lowest BCUT2D eigenvalue weighted by Gasteiger charge is -2.29. The molecule has 1 aliphatic rings. The minimum absolute atomic E-state index is 0.243. The van der Waals surface area contributed by atoms with Crippen LogP contribution < -0.4 is 4.90 Å². The van der Waals surface area contributed by atoms with Crippen LogP contribution in [0.3, 0.4) is 0 Å². The van der Waals surface area contributed by atoms with Crippen LogP contribution in [0.4, 0.5) is 15.2 Å². The van der Waals surface area contributed by atoms with Gasteiger partial charge in [-0.15, -0.1) is 11.3 Å². The summed E-state index contributed by atoms with van der Waals surface area (Å²) >= 11 is 1.38. The molecule has 128 valence electrons. The minimum atomic E-state index is -0.422. The van der Waals surface area contributed by atoms with Crippen LogP contribution in [-0.4, -0.2) is 28.9 Å². The Kier molecular flexibility index (Phi) is 5.26. The Bertz CT molecular complexity index is 710. The molecule has 1 amide bonds. The van der Waals surface area contributed by atoms with Gasteiger partial charge in [-0.3, -0.25) is 14.6 Å². The van der Waals surface area contributed by atoms with Gasteiger partial charge in [0.15, 0.2) is 5.13 Å². The van der Waals surface area contributed by atoms with Crippen LogP contribution in [0.25, 0.3) is 0 Å². The summed E-state index contributed by atoms with van der Waals surface area (Å²) in [5.41, 5.74) is 1.19. The number of hydrogen-bond acceptors (Lipinski definition) is 4. The van der Waals surface area contributed by atoms with Crippen molar-refractivity contribution in [1.29, 1.82) is 0 Å². The summed E-state index contributed by atoms with van der Waals surface area (Å²) in [6.45, 7) is 6.67. The smallest absolute Gasteiger partial charge is 0.230 e. The van der Waals surface area contributed by atoms with Crippen molar-refractivity contribution >= 4 is 28.1 Å². The maximum atomic E-state index is 14.1. The molecule has 1 saturated heterocycles. The number of halogens is 1. The Hall–Kier alpha value is -1.79. The lowest BCUT2D eigenvalue weighted by molar-refractivity contribution is -0.115. The van der Waals surface area contributed by atoms with Gasteiger partial charge in [-0.2, -0.15) is 0 Å². The van der Waals surface area contributed by atoms with Crippen molar-refractivity contribution in [2.24, 2.45) is 5.92 Å². The minimum Gasteiger partial charge on any atom is -0.297 e. The molecule has 4 nitrogen and oxygen atoms in total. The number of rotatable bonds is 4. The molecule has 2 aromatic rings. The van der Waals surface area contributed by atoms with E-state index in [-0.39, 0.29) is 11.6 Å². The van der Waals surface area contributed by atoms with E-state index in [1.165, 1.54) is 42.1 Å². The van der Waals surface area contributed by atoms with E-state index in [1.54, 1.807) is 18.2 Å². The van der Waals surface area contributed by atoms with Gasteiger partial charge in [0.1, 0.15) is 5.82 Å². The molecule has 24 heavy (non-hydrogen) atoms. The third kappa shape index (κ3) is 3.82. The van der Waals surface area contributed by atoms with Crippen LogP contribution in [0, 0.1) is 11.7 Å². The van der Waals surface area contributed by atoms with E-state index in [4.69, 9.17) is 0 Å². The average molecular weight is 347 g/mol. The van der Waals surface area contributed by atoms with Crippen LogP contribution in [0.5, 0.6) is 0 Å². The fraction of sp³-hybridized carbons (Fsp3) is 0.444. The Morgan fingerprint density at radius 1 is 1.38 bits per heavy atom. The molecule has 0 bridgehead atoms. The highest BCUT2D eigenvalue weighted by molar-refractivity contribution is 7.14. The molecule has 6 heteroatoms. The first kappa shape index (κ1) is 17.0. The fourth-order valence-electron chi connectivity index (χ4n) is 2.96. The number of amides is 1. The molecule has 0 aliphatic carbocycles. The zero-order valence-corrected chi connectivity index (χ0v) is 14.9. The topological polar surface area (TPSA) is 36.4 Å². The van der Waals surface area contributed by atoms with Crippen molar-refractivity contribution < 1.29 is 9.18 Å². The summed E-state index contributed by atoms with van der Waals surface area (Å²) in [5, 5.41) is 2.48. The monoisotopic (exact) mass is 347 g/mol. The van der Waals surface area contributed by atoms with Crippen LogP contribution in [-0.2, 0) is 11.3 Å². The standard InChI is InChI=1S/C18H22FN3OS/c1-13-7-9-21(10-8-13)11-15-12-24-18(20-15)22(14(2)23)17-6-4-3-5-16(17)19/h3-6,12-13H,7-11H2,1-2H3. The second-order valence-electron chi connectivity index (χ2n) is 6.39. The zero-order chi connectivity index (χ0) is 17.1. The number of anilines is 2. The first-order valence-electron chi connectivity index (χ1n) is 8.26. The Balaban J connectivity index is 1.77. The molecule has 1 aromatic carbocycles. The predicted octanol–water partition coefficient (Wildman–Crippen LogP) is 4.20. The Morgan fingerprint density at radius 2 is 2.08 bits per heavy atom. The SMILES string of the molecule is CC(=O)N(c1nc(CN2CCC(C)CC2)cs1)c1ccccc1F. The van der Waals surface area contributed by atoms with E-state index in [0.717, 1.165) is 31.2 Å². The molecular formula is C18H22FN3OS. The number of carbonyl (C=O) groups is 1. The molecule has 0 radical (unpaired) electrons. The van der Waals surface area contributed by atoms with Crippen molar-refractivity contribution in [3.05, 3.63) is 41.2 Å². The van der Waals surface area contributed by atoms with Gasteiger partial charge in [-0.05, 0) is 44.0 Å². The van der Waals surface area contributed by atoms with Crippen LogP contribution in [0.2, 0.25) is 0 Å². The van der Waals surface area contributed by atoms with Crippen molar-refractivity contribution in [2.75, 3.05) is 18.0 Å². The maximum absolute atomic E-state index is 14.1. The number of carbonyl (C=O) groups excluding carboxylic acids is 1. The molecular weight excluding hydrogens is 325 g/mol. The number of piperidine rings is 1. The summed E-state index contributed by atoms with van der Waals surface area (Å²) in [5.74, 6) is 0.128. The van der Waals surface area contributed by atoms with Crippen molar-refractivity contribution in [3.63, 3.8) is 0 Å². The van der Waals surface area contributed by atoms with Gasteiger partial charge < -0.3 is 0 Å². The van der Waals surface area contributed by atoms with Gasteiger partial charge >= 0.3 is 0 Å². The molecule has 0 spiro atoms. The normalized spacial score (nSPS) is 16.3. The summed E-state index contributed by atoms with van der Waals surface area (Å²) in [7, 11) is 0. The quantitative estimate of drug-likeness (QED) is 0.832. The highest BCUT2D eigenvalue weighted by Crippen LogP contribution is 2.31. The van der Waals surface area contributed by atoms with E-state index in [9.17, 15) is 9.18 Å². The average Bonchev–Trinajstić information content (AvgIpc) is 2.99. The highest BCUT2D eigenvalue weighted by Gasteiger charge is 2.22. The number of aromatic nitrogens is 1. The van der Waals surface area contributed by atoms with Crippen molar-refractivity contribution in [2.45, 2.75) is 33.2 Å². The molecule has 0 saturated carbocycles. The van der Waals surface area contributed by atoms with Gasteiger partial charge in [0.2, 0.25) is 5.91 Å². The van der Waals surface area contributed by atoms with Crippen LogP contribution in [0.1, 0.15) is 32.4 Å². The van der Waals surface area contributed by atoms with Crippen molar-refractivity contribution in [1.82, 2.24) is 9.88 Å². The summed E-state index contributed by atoms with van der Waals surface area (Å²) in [6, 6.07) is 6.29. The number of benzene rings is 1. The molecule has 1 aromatic heterocycles. The lowest BCUT2D eigenvalue weighted by Crippen LogP contribution is -2.32. The molecule has 1 fully saturated rings. The zero-order valence-electron chi connectivity index (χ0n) is 14.0. The van der Waals surface area contributed by atoms with Gasteiger partial charge in [-0.25, -0.2) is 9.37 Å². The van der Waals surface area contributed by atoms with Crippen molar-refractivity contribution in [3.8, 4) is 0 Å². The second kappa shape index (κ2) is 7.40. The Labute approximate surface area is 145 Å². The van der Waals surface area contributed by atoms with Gasteiger partial charge in [0.05, 0.1) is 11.4 Å². The molecule has 1 aliphatic heterocycles. The Morgan fingerprint density at radius 3 is 2.75 bits per heavy atom. The molecule has 0 unspecified atom stereocenters. The number of nitrogens with zero attached hydrogens (tertiary/aromatic N) is 3. The van der Waals surface area contributed by atoms with Crippen LogP contribution in [0.15, 0.2) is 29.6 Å². The first-order chi connectivity index (χ1) is 11.5. The summed E-state index contributed by atoms with van der Waals surface area (Å²) in [6.07, 6.45) is 2.43. The number of hydrogen-bond donors (Lipinski definition) is 0. The van der Waals surface area contributed by atoms with Gasteiger partial charge in [-0.1, -0.05) is 19.1 Å². The lowest BCUT2D eigenvalue weighted by atomic mass is 9.99. The van der Waals surface area contributed by atoms with Gasteiger partial charge in [0, 0.05) is 18.8 Å². The van der Waals surface area contributed by atoms with E-state index < -0.39 is 5.82 Å². The first-order valence-corrected chi connectivity index (χ1v) is 9.14.